The third-order valence-corrected chi connectivity index (χ3v) is 3.07. The Labute approximate surface area is 125 Å². The van der Waals surface area contributed by atoms with Crippen molar-refractivity contribution in [3.63, 3.8) is 0 Å². The summed E-state index contributed by atoms with van der Waals surface area (Å²) in [5.41, 5.74) is 1.52. The van der Waals surface area contributed by atoms with Crippen molar-refractivity contribution in [2.24, 2.45) is 0 Å². The first kappa shape index (κ1) is 14.0. The second kappa shape index (κ2) is 5.80. The van der Waals surface area contributed by atoms with Gasteiger partial charge in [-0.25, -0.2) is 4.39 Å². The topological polar surface area (TPSA) is 68.5 Å². The van der Waals surface area contributed by atoms with E-state index in [0.717, 1.165) is 0 Å². The minimum Gasteiger partial charge on any atom is -0.453 e. The van der Waals surface area contributed by atoms with Crippen molar-refractivity contribution in [1.29, 1.82) is 0 Å². The standard InChI is InChI=1S/C15H13FN4O2/c1-10-5-6-11(8-12(10)16)17-14(21)9-22-15-19-18-13-4-2-3-7-20(13)15/h2-8H,9H2,1H3,(H,17,21). The lowest BCUT2D eigenvalue weighted by atomic mass is 10.2. The van der Waals surface area contributed by atoms with Crippen LogP contribution in [-0.2, 0) is 4.79 Å². The zero-order valence-electron chi connectivity index (χ0n) is 11.8. The fourth-order valence-electron chi connectivity index (χ4n) is 1.92. The van der Waals surface area contributed by atoms with Crippen LogP contribution in [-0.4, -0.2) is 27.1 Å². The lowest BCUT2D eigenvalue weighted by molar-refractivity contribution is -0.118. The molecule has 0 saturated carbocycles. The van der Waals surface area contributed by atoms with E-state index in [4.69, 9.17) is 4.74 Å². The molecule has 1 amide bonds. The van der Waals surface area contributed by atoms with E-state index in [1.165, 1.54) is 6.07 Å². The lowest BCUT2D eigenvalue weighted by Gasteiger charge is -2.07. The van der Waals surface area contributed by atoms with Crippen molar-refractivity contribution in [3.8, 4) is 6.01 Å². The number of aromatic nitrogens is 3. The first-order valence-electron chi connectivity index (χ1n) is 6.62. The molecular weight excluding hydrogens is 287 g/mol. The highest BCUT2D eigenvalue weighted by Gasteiger charge is 2.09. The predicted molar refractivity (Wildman–Crippen MR) is 78.2 cm³/mol. The average molecular weight is 300 g/mol. The molecule has 0 saturated heterocycles. The first-order chi connectivity index (χ1) is 10.6. The van der Waals surface area contributed by atoms with E-state index >= 15 is 0 Å². The van der Waals surface area contributed by atoms with Crippen LogP contribution in [0, 0.1) is 12.7 Å². The zero-order valence-corrected chi connectivity index (χ0v) is 11.8. The molecule has 112 valence electrons. The Morgan fingerprint density at radius 1 is 1.32 bits per heavy atom. The van der Waals surface area contributed by atoms with Crippen LogP contribution in [0.15, 0.2) is 42.6 Å². The molecule has 1 aromatic carbocycles. The zero-order chi connectivity index (χ0) is 15.5. The Morgan fingerprint density at radius 3 is 3.00 bits per heavy atom. The van der Waals surface area contributed by atoms with E-state index in [9.17, 15) is 9.18 Å². The van der Waals surface area contributed by atoms with E-state index < -0.39 is 5.91 Å². The fraction of sp³-hybridized carbons (Fsp3) is 0.133. The number of nitrogens with zero attached hydrogens (tertiary/aromatic N) is 3. The van der Waals surface area contributed by atoms with Gasteiger partial charge < -0.3 is 10.1 Å². The summed E-state index contributed by atoms with van der Waals surface area (Å²) in [6.45, 7) is 1.41. The van der Waals surface area contributed by atoms with E-state index in [-0.39, 0.29) is 18.4 Å². The number of carbonyl (C=O) groups excluding carboxylic acids is 1. The van der Waals surface area contributed by atoms with Gasteiger partial charge in [-0.1, -0.05) is 17.2 Å². The van der Waals surface area contributed by atoms with Crippen LogP contribution in [0.3, 0.4) is 0 Å². The predicted octanol–water partition coefficient (Wildman–Crippen LogP) is 2.19. The smallest absolute Gasteiger partial charge is 0.322 e. The normalized spacial score (nSPS) is 10.6. The number of hydrogen-bond acceptors (Lipinski definition) is 4. The molecule has 6 nitrogen and oxygen atoms in total. The average Bonchev–Trinajstić information content (AvgIpc) is 2.92. The molecule has 0 unspecified atom stereocenters. The number of ether oxygens (including phenoxy) is 1. The fourth-order valence-corrected chi connectivity index (χ4v) is 1.92. The third-order valence-electron chi connectivity index (χ3n) is 3.07. The summed E-state index contributed by atoms with van der Waals surface area (Å²) in [6.07, 6.45) is 1.73. The number of halogens is 1. The Bertz CT molecular complexity index is 831. The number of aryl methyl sites for hydroxylation is 1. The maximum Gasteiger partial charge on any atom is 0.322 e. The van der Waals surface area contributed by atoms with Crippen LogP contribution in [0.4, 0.5) is 10.1 Å². The number of fused-ring (bicyclic) bond motifs is 1. The molecule has 0 radical (unpaired) electrons. The summed E-state index contributed by atoms with van der Waals surface area (Å²) in [6, 6.07) is 10.1. The van der Waals surface area contributed by atoms with Crippen LogP contribution in [0.5, 0.6) is 6.01 Å². The third kappa shape index (κ3) is 2.88. The summed E-state index contributed by atoms with van der Waals surface area (Å²) in [4.78, 5) is 11.8. The summed E-state index contributed by atoms with van der Waals surface area (Å²) >= 11 is 0. The van der Waals surface area contributed by atoms with Gasteiger partial charge in [0, 0.05) is 11.9 Å². The summed E-state index contributed by atoms with van der Waals surface area (Å²) in [5.74, 6) is -0.780. The second-order valence-electron chi connectivity index (χ2n) is 4.71. The highest BCUT2D eigenvalue weighted by molar-refractivity contribution is 5.91. The van der Waals surface area contributed by atoms with Crippen LogP contribution >= 0.6 is 0 Å². The summed E-state index contributed by atoms with van der Waals surface area (Å²) < 4.78 is 20.4. The number of amides is 1. The van der Waals surface area contributed by atoms with Crippen molar-refractivity contribution in [1.82, 2.24) is 14.6 Å². The monoisotopic (exact) mass is 300 g/mol. The van der Waals surface area contributed by atoms with Gasteiger partial charge in [-0.2, -0.15) is 0 Å². The SMILES string of the molecule is Cc1ccc(NC(=O)COc2nnc3ccccn23)cc1F. The Balaban J connectivity index is 1.63. The summed E-state index contributed by atoms with van der Waals surface area (Å²) in [5, 5.41) is 10.3. The van der Waals surface area contributed by atoms with E-state index in [1.807, 2.05) is 6.07 Å². The van der Waals surface area contributed by atoms with Crippen LogP contribution < -0.4 is 10.1 Å². The molecule has 0 aliphatic carbocycles. The molecule has 0 atom stereocenters. The van der Waals surface area contributed by atoms with Crippen molar-refractivity contribution in [3.05, 3.63) is 54.0 Å². The van der Waals surface area contributed by atoms with Crippen molar-refractivity contribution in [2.45, 2.75) is 6.92 Å². The Morgan fingerprint density at radius 2 is 2.18 bits per heavy atom. The largest absolute Gasteiger partial charge is 0.453 e. The number of hydrogen-bond donors (Lipinski definition) is 1. The van der Waals surface area contributed by atoms with E-state index in [1.54, 1.807) is 41.8 Å². The lowest BCUT2D eigenvalue weighted by Crippen LogP contribution is -2.21. The van der Waals surface area contributed by atoms with Gasteiger partial charge in [0.15, 0.2) is 12.3 Å². The van der Waals surface area contributed by atoms with Crippen LogP contribution in [0.25, 0.3) is 5.65 Å². The molecule has 7 heteroatoms. The summed E-state index contributed by atoms with van der Waals surface area (Å²) in [7, 11) is 0. The highest BCUT2D eigenvalue weighted by atomic mass is 19.1. The Hall–Kier alpha value is -2.96. The van der Waals surface area contributed by atoms with Crippen molar-refractivity contribution < 1.29 is 13.9 Å². The van der Waals surface area contributed by atoms with Gasteiger partial charge in [0.05, 0.1) is 0 Å². The van der Waals surface area contributed by atoms with Gasteiger partial charge >= 0.3 is 6.01 Å². The molecule has 0 aliphatic heterocycles. The van der Waals surface area contributed by atoms with Crippen molar-refractivity contribution in [2.75, 3.05) is 11.9 Å². The van der Waals surface area contributed by atoms with Gasteiger partial charge in [-0.3, -0.25) is 9.20 Å². The molecule has 22 heavy (non-hydrogen) atoms. The van der Waals surface area contributed by atoms with Crippen LogP contribution in [0.2, 0.25) is 0 Å². The molecular formula is C15H13FN4O2. The molecule has 2 heterocycles. The minimum atomic E-state index is -0.407. The molecule has 0 fully saturated rings. The van der Waals surface area contributed by atoms with E-state index in [2.05, 4.69) is 15.5 Å². The maximum absolute atomic E-state index is 13.4. The first-order valence-corrected chi connectivity index (χ1v) is 6.62. The Kier molecular flexibility index (Phi) is 3.69. The number of anilines is 1. The van der Waals surface area contributed by atoms with Gasteiger partial charge in [-0.15, -0.1) is 5.10 Å². The minimum absolute atomic E-state index is 0.223. The molecule has 2 aromatic heterocycles. The molecule has 0 bridgehead atoms. The molecule has 0 spiro atoms. The number of benzene rings is 1. The maximum atomic E-state index is 13.4. The second-order valence-corrected chi connectivity index (χ2v) is 4.71. The quantitative estimate of drug-likeness (QED) is 0.802. The van der Waals surface area contributed by atoms with Crippen molar-refractivity contribution >= 4 is 17.2 Å². The van der Waals surface area contributed by atoms with Gasteiger partial charge in [0.1, 0.15) is 5.82 Å². The molecule has 0 aliphatic rings. The van der Waals surface area contributed by atoms with Gasteiger partial charge in [0.2, 0.25) is 0 Å². The molecule has 1 N–H and O–H groups in total. The number of rotatable bonds is 4. The number of carbonyl (C=O) groups is 1. The highest BCUT2D eigenvalue weighted by Crippen LogP contribution is 2.14. The molecule has 3 aromatic rings. The molecule has 3 rings (SSSR count). The van der Waals surface area contributed by atoms with Crippen LogP contribution in [0.1, 0.15) is 5.56 Å². The van der Waals surface area contributed by atoms with E-state index in [0.29, 0.717) is 16.9 Å². The van der Waals surface area contributed by atoms with Gasteiger partial charge in [0.25, 0.3) is 5.91 Å². The van der Waals surface area contributed by atoms with Gasteiger partial charge in [-0.05, 0) is 36.8 Å². The number of nitrogens with one attached hydrogen (secondary N) is 1. The number of pyridine rings is 1.